The fourth-order valence-electron chi connectivity index (χ4n) is 4.28. The summed E-state index contributed by atoms with van der Waals surface area (Å²) in [5.41, 5.74) is 2.46. The Labute approximate surface area is 194 Å². The lowest BCUT2D eigenvalue weighted by atomic mass is 10.1. The first-order valence-electron chi connectivity index (χ1n) is 11.1. The molecule has 34 heavy (non-hydrogen) atoms. The molecule has 8 nitrogen and oxygen atoms in total. The average Bonchev–Trinajstić information content (AvgIpc) is 3.27. The smallest absolute Gasteiger partial charge is 0.276 e. The molecule has 0 aliphatic carbocycles. The molecule has 0 N–H and O–H groups in total. The fourth-order valence-corrected chi connectivity index (χ4v) is 4.28. The SMILES string of the molecule is Cc1ccc([C@H]2Cn3nnc(C(=O)N4CCN(C(=O)c5c(F)cccc5F)CC4)c3CO2)cc1. The number of amides is 2. The zero-order chi connectivity index (χ0) is 23.8. The van der Waals surface area contributed by atoms with Gasteiger partial charge in [-0.15, -0.1) is 5.10 Å². The van der Waals surface area contributed by atoms with Gasteiger partial charge in [0.15, 0.2) is 5.69 Å². The van der Waals surface area contributed by atoms with Crippen LogP contribution in [0.25, 0.3) is 0 Å². The molecule has 0 radical (unpaired) electrons. The van der Waals surface area contributed by atoms with Gasteiger partial charge < -0.3 is 14.5 Å². The van der Waals surface area contributed by atoms with Gasteiger partial charge in [-0.05, 0) is 24.6 Å². The van der Waals surface area contributed by atoms with E-state index in [1.807, 2.05) is 31.2 Å². The number of nitrogens with zero attached hydrogens (tertiary/aromatic N) is 5. The van der Waals surface area contributed by atoms with Gasteiger partial charge in [0.1, 0.15) is 23.3 Å². The first-order valence-corrected chi connectivity index (χ1v) is 11.1. The molecule has 1 saturated heterocycles. The highest BCUT2D eigenvalue weighted by atomic mass is 19.1. The van der Waals surface area contributed by atoms with E-state index in [0.717, 1.165) is 23.3 Å². The van der Waals surface area contributed by atoms with Crippen LogP contribution in [0, 0.1) is 18.6 Å². The molecule has 3 heterocycles. The molecule has 2 amide bonds. The summed E-state index contributed by atoms with van der Waals surface area (Å²) in [4.78, 5) is 28.6. The van der Waals surface area contributed by atoms with Crippen LogP contribution >= 0.6 is 0 Å². The van der Waals surface area contributed by atoms with Crippen molar-refractivity contribution in [2.24, 2.45) is 0 Å². The van der Waals surface area contributed by atoms with E-state index >= 15 is 0 Å². The van der Waals surface area contributed by atoms with Crippen LogP contribution in [0.5, 0.6) is 0 Å². The molecule has 0 saturated carbocycles. The molecule has 1 fully saturated rings. The molecule has 2 aromatic carbocycles. The van der Waals surface area contributed by atoms with E-state index in [1.165, 1.54) is 11.0 Å². The zero-order valence-electron chi connectivity index (χ0n) is 18.6. The molecule has 3 aromatic rings. The largest absolute Gasteiger partial charge is 0.365 e. The second kappa shape index (κ2) is 8.94. The Bertz CT molecular complexity index is 1220. The minimum absolute atomic E-state index is 0.161. The molecule has 0 bridgehead atoms. The number of ether oxygens (including phenoxy) is 1. The van der Waals surface area contributed by atoms with Crippen molar-refractivity contribution in [2.45, 2.75) is 26.2 Å². The van der Waals surface area contributed by atoms with Gasteiger partial charge >= 0.3 is 0 Å². The number of aryl methyl sites for hydroxylation is 1. The number of fused-ring (bicyclic) bond motifs is 1. The highest BCUT2D eigenvalue weighted by molar-refractivity contribution is 5.96. The van der Waals surface area contributed by atoms with E-state index in [2.05, 4.69) is 10.3 Å². The summed E-state index contributed by atoms with van der Waals surface area (Å²) >= 11 is 0. The molecule has 176 valence electrons. The van der Waals surface area contributed by atoms with Gasteiger partial charge in [-0.3, -0.25) is 9.59 Å². The van der Waals surface area contributed by atoms with E-state index < -0.39 is 23.1 Å². The number of halogens is 2. The zero-order valence-corrected chi connectivity index (χ0v) is 18.6. The summed E-state index contributed by atoms with van der Waals surface area (Å²) < 4.78 is 35.6. The van der Waals surface area contributed by atoms with Gasteiger partial charge in [0.25, 0.3) is 11.8 Å². The quantitative estimate of drug-likeness (QED) is 0.592. The van der Waals surface area contributed by atoms with Crippen molar-refractivity contribution in [1.29, 1.82) is 0 Å². The van der Waals surface area contributed by atoms with E-state index in [0.29, 0.717) is 12.2 Å². The van der Waals surface area contributed by atoms with Crippen molar-refractivity contribution in [3.8, 4) is 0 Å². The Balaban J connectivity index is 1.24. The first kappa shape index (κ1) is 22.1. The average molecular weight is 467 g/mol. The minimum atomic E-state index is -0.900. The highest BCUT2D eigenvalue weighted by Gasteiger charge is 2.33. The van der Waals surface area contributed by atoms with Crippen molar-refractivity contribution in [2.75, 3.05) is 26.2 Å². The third kappa shape index (κ3) is 4.05. The van der Waals surface area contributed by atoms with E-state index in [-0.39, 0.29) is 50.5 Å². The Hall–Kier alpha value is -3.66. The molecular formula is C24H23F2N5O3. The topological polar surface area (TPSA) is 80.6 Å². The number of carbonyl (C=O) groups is 2. The summed E-state index contributed by atoms with van der Waals surface area (Å²) in [5.74, 6) is -2.83. The maximum atomic E-state index is 14.0. The maximum absolute atomic E-state index is 14.0. The van der Waals surface area contributed by atoms with Gasteiger partial charge in [0.2, 0.25) is 0 Å². The molecule has 1 atom stereocenters. The third-order valence-corrected chi connectivity index (χ3v) is 6.28. The normalized spacial score (nSPS) is 18.0. The minimum Gasteiger partial charge on any atom is -0.365 e. The Kier molecular flexibility index (Phi) is 5.82. The number of hydrogen-bond acceptors (Lipinski definition) is 5. The molecular weight excluding hydrogens is 444 g/mol. The van der Waals surface area contributed by atoms with Gasteiger partial charge in [0, 0.05) is 26.2 Å². The lowest BCUT2D eigenvalue weighted by molar-refractivity contribution is -0.00203. The molecule has 2 aliphatic rings. The Morgan fingerprint density at radius 2 is 1.56 bits per heavy atom. The summed E-state index contributed by atoms with van der Waals surface area (Å²) in [5, 5.41) is 8.26. The predicted molar refractivity (Wildman–Crippen MR) is 117 cm³/mol. The lowest BCUT2D eigenvalue weighted by Crippen LogP contribution is -2.51. The molecule has 1 aromatic heterocycles. The van der Waals surface area contributed by atoms with E-state index in [9.17, 15) is 18.4 Å². The molecule has 0 spiro atoms. The second-order valence-corrected chi connectivity index (χ2v) is 8.46. The molecule has 0 unspecified atom stereocenters. The predicted octanol–water partition coefficient (Wildman–Crippen LogP) is 2.73. The van der Waals surface area contributed by atoms with Crippen LogP contribution in [0.2, 0.25) is 0 Å². The number of piperazine rings is 1. The maximum Gasteiger partial charge on any atom is 0.276 e. The van der Waals surface area contributed by atoms with Gasteiger partial charge in [-0.25, -0.2) is 13.5 Å². The van der Waals surface area contributed by atoms with Crippen LogP contribution in [0.4, 0.5) is 8.78 Å². The van der Waals surface area contributed by atoms with Crippen molar-refractivity contribution in [3.05, 3.63) is 82.2 Å². The molecule has 5 rings (SSSR count). The van der Waals surface area contributed by atoms with Crippen LogP contribution in [0.15, 0.2) is 42.5 Å². The number of rotatable bonds is 3. The van der Waals surface area contributed by atoms with Gasteiger partial charge in [-0.2, -0.15) is 0 Å². The Morgan fingerprint density at radius 1 is 0.941 bits per heavy atom. The van der Waals surface area contributed by atoms with Crippen molar-refractivity contribution in [3.63, 3.8) is 0 Å². The molecule has 2 aliphatic heterocycles. The second-order valence-electron chi connectivity index (χ2n) is 8.46. The lowest BCUT2D eigenvalue weighted by Gasteiger charge is -2.34. The molecule has 10 heteroatoms. The van der Waals surface area contributed by atoms with E-state index in [1.54, 1.807) is 9.58 Å². The number of aromatic nitrogens is 3. The van der Waals surface area contributed by atoms with Crippen LogP contribution in [0.3, 0.4) is 0 Å². The van der Waals surface area contributed by atoms with Crippen molar-refractivity contribution >= 4 is 11.8 Å². The Morgan fingerprint density at radius 3 is 2.21 bits per heavy atom. The summed E-state index contributed by atoms with van der Waals surface area (Å²) in [6.45, 7) is 3.45. The van der Waals surface area contributed by atoms with Crippen LogP contribution < -0.4 is 0 Å². The monoisotopic (exact) mass is 467 g/mol. The summed E-state index contributed by atoms with van der Waals surface area (Å²) in [6.07, 6.45) is -0.175. The number of carbonyl (C=O) groups excluding carboxylic acids is 2. The highest BCUT2D eigenvalue weighted by Crippen LogP contribution is 2.27. The first-order chi connectivity index (χ1) is 16.4. The van der Waals surface area contributed by atoms with Crippen LogP contribution in [-0.2, 0) is 17.9 Å². The van der Waals surface area contributed by atoms with Crippen molar-refractivity contribution in [1.82, 2.24) is 24.8 Å². The van der Waals surface area contributed by atoms with Crippen LogP contribution in [0.1, 0.15) is 43.8 Å². The number of benzene rings is 2. The van der Waals surface area contributed by atoms with Gasteiger partial charge in [-0.1, -0.05) is 41.1 Å². The summed E-state index contributed by atoms with van der Waals surface area (Å²) in [6, 6.07) is 11.4. The number of hydrogen-bond donors (Lipinski definition) is 0. The fraction of sp³-hybridized carbons (Fsp3) is 0.333. The van der Waals surface area contributed by atoms with E-state index in [4.69, 9.17) is 4.74 Å². The standard InChI is InChI=1S/C24H23F2N5O3/c1-15-5-7-16(8-6-15)20-13-31-19(14-34-20)22(27-28-31)24(33)30-11-9-29(10-12-30)23(32)21-17(25)3-2-4-18(21)26/h2-8,20H,9-14H2,1H3/t20-/m1/s1. The van der Waals surface area contributed by atoms with Crippen molar-refractivity contribution < 1.29 is 23.1 Å². The third-order valence-electron chi connectivity index (χ3n) is 6.28. The van der Waals surface area contributed by atoms with Gasteiger partial charge in [0.05, 0.1) is 18.8 Å². The van der Waals surface area contributed by atoms with Crippen LogP contribution in [-0.4, -0.2) is 62.8 Å². The summed E-state index contributed by atoms with van der Waals surface area (Å²) in [7, 11) is 0.